The van der Waals surface area contributed by atoms with E-state index in [0.717, 1.165) is 5.56 Å². The second-order valence-electron chi connectivity index (χ2n) is 6.48. The Morgan fingerprint density at radius 2 is 1.93 bits per heavy atom. The second-order valence-corrected chi connectivity index (χ2v) is 6.48. The lowest BCUT2D eigenvalue weighted by atomic mass is 10.1. The van der Waals surface area contributed by atoms with Crippen LogP contribution in [0, 0.1) is 6.92 Å². The smallest absolute Gasteiger partial charge is 0.387 e. The van der Waals surface area contributed by atoms with Crippen molar-refractivity contribution in [3.63, 3.8) is 0 Å². The Morgan fingerprint density at radius 1 is 1.20 bits per heavy atom. The number of aryl methyl sites for hydroxylation is 1. The molecule has 2 N–H and O–H groups in total. The van der Waals surface area contributed by atoms with Crippen LogP contribution in [-0.2, 0) is 17.8 Å². The van der Waals surface area contributed by atoms with Gasteiger partial charge in [0.15, 0.2) is 0 Å². The molecule has 0 atom stereocenters. The van der Waals surface area contributed by atoms with E-state index in [2.05, 4.69) is 25.0 Å². The zero-order valence-corrected chi connectivity index (χ0v) is 16.2. The molecule has 7 nitrogen and oxygen atoms in total. The monoisotopic (exact) mass is 414 g/mol. The zero-order valence-electron chi connectivity index (χ0n) is 16.2. The van der Waals surface area contributed by atoms with Gasteiger partial charge in [-0.25, -0.2) is 4.98 Å². The van der Waals surface area contributed by atoms with Crippen LogP contribution in [0.4, 0.5) is 8.78 Å². The topological polar surface area (TPSA) is 97.0 Å². The number of benzene rings is 1. The molecule has 0 radical (unpaired) electrons. The van der Waals surface area contributed by atoms with Crippen LogP contribution < -0.4 is 15.6 Å². The van der Waals surface area contributed by atoms with Crippen LogP contribution >= 0.6 is 0 Å². The van der Waals surface area contributed by atoms with Gasteiger partial charge in [0, 0.05) is 47.7 Å². The van der Waals surface area contributed by atoms with E-state index < -0.39 is 6.61 Å². The lowest BCUT2D eigenvalue weighted by molar-refractivity contribution is -0.121. The number of ether oxygens (including phenoxy) is 1. The van der Waals surface area contributed by atoms with E-state index in [0.29, 0.717) is 22.6 Å². The quantitative estimate of drug-likeness (QED) is 0.591. The molecule has 0 fully saturated rings. The Balaban J connectivity index is 1.61. The van der Waals surface area contributed by atoms with Crippen LogP contribution in [0.2, 0.25) is 0 Å². The van der Waals surface area contributed by atoms with Crippen LogP contribution in [0.1, 0.15) is 23.2 Å². The number of pyridine rings is 1. The van der Waals surface area contributed by atoms with Gasteiger partial charge in [0.25, 0.3) is 5.56 Å². The minimum absolute atomic E-state index is 0.0102. The number of carbonyl (C=O) groups is 1. The Morgan fingerprint density at radius 3 is 2.63 bits per heavy atom. The van der Waals surface area contributed by atoms with E-state index in [4.69, 9.17) is 0 Å². The van der Waals surface area contributed by atoms with Crippen molar-refractivity contribution in [1.82, 2.24) is 20.3 Å². The second kappa shape index (κ2) is 9.73. The minimum Gasteiger partial charge on any atom is -0.434 e. The van der Waals surface area contributed by atoms with E-state index in [1.165, 1.54) is 6.07 Å². The predicted molar refractivity (Wildman–Crippen MR) is 106 cm³/mol. The normalized spacial score (nSPS) is 10.8. The highest BCUT2D eigenvalue weighted by Gasteiger charge is 2.13. The van der Waals surface area contributed by atoms with Gasteiger partial charge >= 0.3 is 6.61 Å². The third-order valence-electron chi connectivity index (χ3n) is 4.44. The first-order valence-electron chi connectivity index (χ1n) is 9.23. The molecule has 0 saturated heterocycles. The van der Waals surface area contributed by atoms with E-state index >= 15 is 0 Å². The first kappa shape index (κ1) is 21.1. The molecule has 30 heavy (non-hydrogen) atoms. The minimum atomic E-state index is -2.95. The summed E-state index contributed by atoms with van der Waals surface area (Å²) in [5, 5.41) is 2.66. The van der Waals surface area contributed by atoms with Gasteiger partial charge in [0.2, 0.25) is 5.91 Å². The number of nitrogens with one attached hydrogen (secondary N) is 2. The third kappa shape index (κ3) is 5.47. The van der Waals surface area contributed by atoms with Gasteiger partial charge in [-0.2, -0.15) is 8.78 Å². The maximum Gasteiger partial charge on any atom is 0.387 e. The lowest BCUT2D eigenvalue weighted by Crippen LogP contribution is -2.25. The molecule has 3 rings (SSSR count). The van der Waals surface area contributed by atoms with Gasteiger partial charge in [-0.05, 0) is 31.5 Å². The summed E-state index contributed by atoms with van der Waals surface area (Å²) >= 11 is 0. The molecule has 1 aromatic carbocycles. The van der Waals surface area contributed by atoms with Gasteiger partial charge in [-0.3, -0.25) is 14.6 Å². The van der Waals surface area contributed by atoms with Crippen LogP contribution in [-0.4, -0.2) is 27.5 Å². The molecule has 0 aliphatic rings. The Hall–Kier alpha value is -3.62. The molecular formula is C21H20F2N4O3. The number of carbonyl (C=O) groups excluding carboxylic acids is 1. The van der Waals surface area contributed by atoms with Gasteiger partial charge in [-0.1, -0.05) is 18.2 Å². The highest BCUT2D eigenvalue weighted by atomic mass is 19.3. The van der Waals surface area contributed by atoms with Crippen LogP contribution in [0.3, 0.4) is 0 Å². The number of hydrogen-bond donors (Lipinski definition) is 2. The summed E-state index contributed by atoms with van der Waals surface area (Å²) in [6, 6.07) is 9.71. The maximum absolute atomic E-state index is 12.5. The molecule has 2 aromatic heterocycles. The van der Waals surface area contributed by atoms with Crippen LogP contribution in [0.25, 0.3) is 11.4 Å². The first-order chi connectivity index (χ1) is 14.4. The molecule has 0 aliphatic heterocycles. The van der Waals surface area contributed by atoms with Crippen molar-refractivity contribution >= 4 is 5.91 Å². The molecule has 2 heterocycles. The summed E-state index contributed by atoms with van der Waals surface area (Å²) in [5.74, 6) is 0.124. The number of aromatic nitrogens is 3. The molecule has 156 valence electrons. The molecule has 0 bridgehead atoms. The number of para-hydroxylation sites is 1. The summed E-state index contributed by atoms with van der Waals surface area (Å²) in [6.45, 7) is -1.19. The molecule has 0 aliphatic carbocycles. The van der Waals surface area contributed by atoms with E-state index in [1.54, 1.807) is 49.6 Å². The van der Waals surface area contributed by atoms with Gasteiger partial charge in [-0.15, -0.1) is 0 Å². The van der Waals surface area contributed by atoms with Crippen LogP contribution in [0.15, 0.2) is 53.6 Å². The van der Waals surface area contributed by atoms with E-state index in [-0.39, 0.29) is 36.6 Å². The van der Waals surface area contributed by atoms with Crippen molar-refractivity contribution in [2.45, 2.75) is 32.9 Å². The lowest BCUT2D eigenvalue weighted by Gasteiger charge is -2.11. The summed E-state index contributed by atoms with van der Waals surface area (Å²) in [4.78, 5) is 35.7. The fraction of sp³-hybridized carbons (Fsp3) is 0.238. The molecule has 0 saturated carbocycles. The fourth-order valence-corrected chi connectivity index (χ4v) is 2.93. The summed E-state index contributed by atoms with van der Waals surface area (Å²) in [7, 11) is 0. The highest BCUT2D eigenvalue weighted by molar-refractivity contribution is 5.76. The number of hydrogen-bond acceptors (Lipinski definition) is 5. The summed E-state index contributed by atoms with van der Waals surface area (Å²) in [6.07, 6.45) is 3.46. The van der Waals surface area contributed by atoms with Crippen molar-refractivity contribution < 1.29 is 18.3 Å². The Bertz CT molecular complexity index is 1070. The van der Waals surface area contributed by atoms with Crippen molar-refractivity contribution in [2.24, 2.45) is 0 Å². The Labute approximate surface area is 171 Å². The number of H-pyrrole nitrogens is 1. The van der Waals surface area contributed by atoms with Crippen molar-refractivity contribution in [1.29, 1.82) is 0 Å². The number of rotatable bonds is 8. The van der Waals surface area contributed by atoms with E-state index in [9.17, 15) is 18.4 Å². The van der Waals surface area contributed by atoms with Gasteiger partial charge in [0.05, 0.1) is 0 Å². The zero-order chi connectivity index (χ0) is 21.5. The maximum atomic E-state index is 12.5. The molecule has 0 spiro atoms. The van der Waals surface area contributed by atoms with Crippen molar-refractivity contribution in [2.75, 3.05) is 0 Å². The van der Waals surface area contributed by atoms with Crippen molar-refractivity contribution in [3.05, 3.63) is 76.0 Å². The van der Waals surface area contributed by atoms with Crippen molar-refractivity contribution in [3.8, 4) is 17.1 Å². The first-order valence-corrected chi connectivity index (χ1v) is 9.23. The number of alkyl halides is 2. The van der Waals surface area contributed by atoms with E-state index in [1.807, 2.05) is 0 Å². The SMILES string of the molecule is Cc1nc(-c2ccncc2)[nH]c(=O)c1CCC(=O)NCc1ccccc1OC(F)F. The van der Waals surface area contributed by atoms with Gasteiger partial charge in [0.1, 0.15) is 11.6 Å². The molecule has 3 aromatic rings. The summed E-state index contributed by atoms with van der Waals surface area (Å²) in [5.41, 5.74) is 1.82. The third-order valence-corrected chi connectivity index (χ3v) is 4.44. The number of amides is 1. The Kier molecular flexibility index (Phi) is 6.84. The summed E-state index contributed by atoms with van der Waals surface area (Å²) < 4.78 is 29.4. The predicted octanol–water partition coefficient (Wildman–Crippen LogP) is 2.99. The van der Waals surface area contributed by atoms with Gasteiger partial charge < -0.3 is 15.0 Å². The molecular weight excluding hydrogens is 394 g/mol. The number of nitrogens with zero attached hydrogens (tertiary/aromatic N) is 2. The standard InChI is InChI=1S/C21H20F2N4O3/c1-13-16(20(29)27-19(26-13)14-8-10-24-11-9-14)6-7-18(28)25-12-15-4-2-3-5-17(15)30-21(22)23/h2-5,8-11,21H,6-7,12H2,1H3,(H,25,28)(H,26,27,29). The molecule has 0 unspecified atom stereocenters. The molecule has 9 heteroatoms. The molecule has 1 amide bonds. The number of aromatic amines is 1. The highest BCUT2D eigenvalue weighted by Crippen LogP contribution is 2.20. The number of halogens is 2. The fourth-order valence-electron chi connectivity index (χ4n) is 2.93. The van der Waals surface area contributed by atoms with Crippen LogP contribution in [0.5, 0.6) is 5.75 Å². The average molecular weight is 414 g/mol. The largest absolute Gasteiger partial charge is 0.434 e. The average Bonchev–Trinajstić information content (AvgIpc) is 2.72.